The fourth-order valence-electron chi connectivity index (χ4n) is 2.53. The number of rotatable bonds is 9. The highest BCUT2D eigenvalue weighted by Crippen LogP contribution is 2.26. The number of alkyl halides is 3. The number of hydrogen-bond acceptors (Lipinski definition) is 4. The number of aromatic nitrogens is 1. The molecule has 1 rings (SSSR count). The quantitative estimate of drug-likeness (QED) is 0.119. The maximum Gasteiger partial charge on any atom is 0.415 e. The molecule has 4 N–H and O–H groups in total. The number of allylic oxidation sites excluding steroid dienone is 5. The Kier molecular flexibility index (Phi) is 31.2. The first-order valence-corrected chi connectivity index (χ1v) is 13.6. The lowest BCUT2D eigenvalue weighted by molar-refractivity contribution is -0.117. The van der Waals surface area contributed by atoms with Crippen LogP contribution in [0.25, 0.3) is 0 Å². The molecule has 0 aliphatic heterocycles. The van der Waals surface area contributed by atoms with Gasteiger partial charge in [-0.1, -0.05) is 78.8 Å². The van der Waals surface area contributed by atoms with E-state index in [4.69, 9.17) is 12.2 Å². The van der Waals surface area contributed by atoms with Gasteiger partial charge in [0, 0.05) is 41.8 Å². The van der Waals surface area contributed by atoms with Crippen molar-refractivity contribution in [3.8, 4) is 12.5 Å². The van der Waals surface area contributed by atoms with E-state index in [2.05, 4.69) is 34.8 Å². The van der Waals surface area contributed by atoms with E-state index in [-0.39, 0.29) is 17.7 Å². The second-order valence-electron chi connectivity index (χ2n) is 7.58. The predicted octanol–water partition coefficient (Wildman–Crippen LogP) is 8.46. The molecule has 0 saturated heterocycles. The minimum absolute atomic E-state index is 0.0850. The second kappa shape index (κ2) is 29.0. The minimum atomic E-state index is -4.52. The molecule has 230 valence electrons. The Hall–Kier alpha value is -3.99. The molecular weight excluding hydrogens is 525 g/mol. The molecule has 0 aromatic carbocycles. The van der Waals surface area contributed by atoms with E-state index in [9.17, 15) is 18.0 Å². The fourth-order valence-corrected chi connectivity index (χ4v) is 2.53. The van der Waals surface area contributed by atoms with E-state index >= 15 is 0 Å². The zero-order valence-corrected chi connectivity index (χ0v) is 26.4. The van der Waals surface area contributed by atoms with Gasteiger partial charge in [0.1, 0.15) is 0 Å². The zero-order valence-electron chi connectivity index (χ0n) is 26.4. The number of nitrogens with two attached hydrogens (primary N) is 1. The van der Waals surface area contributed by atoms with E-state index in [1.165, 1.54) is 17.8 Å². The Bertz CT molecular complexity index is 1010. The summed E-state index contributed by atoms with van der Waals surface area (Å²) in [6, 6.07) is 6.23. The van der Waals surface area contributed by atoms with Gasteiger partial charge in [-0.25, -0.2) is 0 Å². The summed E-state index contributed by atoms with van der Waals surface area (Å²) in [5.74, 6) is -0.473. The van der Waals surface area contributed by atoms with Gasteiger partial charge in [0.15, 0.2) is 0 Å². The number of nitrogens with zero attached hydrogens (tertiary/aromatic N) is 1. The van der Waals surface area contributed by atoms with E-state index < -0.39 is 17.7 Å². The Morgan fingerprint density at radius 2 is 1.63 bits per heavy atom. The third kappa shape index (κ3) is 24.8. The number of terminal acetylenes is 1. The van der Waals surface area contributed by atoms with E-state index in [0.717, 1.165) is 12.5 Å². The Labute approximate surface area is 247 Å². The van der Waals surface area contributed by atoms with Gasteiger partial charge in [-0.05, 0) is 75.2 Å². The van der Waals surface area contributed by atoms with Gasteiger partial charge < -0.3 is 16.4 Å². The highest BCUT2D eigenvalue weighted by Gasteiger charge is 2.30. The Balaban J connectivity index is -0.000000371. The van der Waals surface area contributed by atoms with Crippen LogP contribution in [-0.4, -0.2) is 23.6 Å². The summed E-state index contributed by atoms with van der Waals surface area (Å²) in [5.41, 5.74) is 6.94. The van der Waals surface area contributed by atoms with Crippen LogP contribution in [0, 0.1) is 19.4 Å². The van der Waals surface area contributed by atoms with Crippen molar-refractivity contribution >= 4 is 5.91 Å². The van der Waals surface area contributed by atoms with Crippen molar-refractivity contribution in [3.05, 3.63) is 102 Å². The standard InChI is InChI=1S/C20H25F3N2O.C6H7N.C3H7N.2C2H6/c1-7-10-17(12-14(4)20(21,22)23)13-25-19(26)15(5)18(11-8-2)16(6)24-9-3;1-6-2-4-7-5-3-6;1-2-3-4;2*1-2/h3,7,10,12,24H,4-5,8,11,13H2,1-2,6H3,(H,25,26);2-5H,1H3;2-3H,4H2,1H3;2*1-2H3/b10-7-,17-12+,18-16-;;3-2+;;. The van der Waals surface area contributed by atoms with Crippen molar-refractivity contribution in [3.63, 3.8) is 0 Å². The monoisotopic (exact) mass is 576 g/mol. The third-order valence-electron chi connectivity index (χ3n) is 4.45. The summed E-state index contributed by atoms with van der Waals surface area (Å²) in [6.07, 6.45) is 12.9. The lowest BCUT2D eigenvalue weighted by atomic mass is 10.00. The highest BCUT2D eigenvalue weighted by molar-refractivity contribution is 5.97. The van der Waals surface area contributed by atoms with Crippen molar-refractivity contribution in [2.45, 2.75) is 81.3 Å². The average molecular weight is 577 g/mol. The summed E-state index contributed by atoms with van der Waals surface area (Å²) < 4.78 is 37.9. The van der Waals surface area contributed by atoms with Crippen LogP contribution in [0.1, 0.15) is 73.8 Å². The molecule has 5 nitrogen and oxygen atoms in total. The molecule has 1 aromatic rings. The van der Waals surface area contributed by atoms with Crippen molar-refractivity contribution < 1.29 is 18.0 Å². The van der Waals surface area contributed by atoms with Crippen molar-refractivity contribution in [1.82, 2.24) is 15.6 Å². The maximum atomic E-state index is 12.6. The first kappa shape index (κ1) is 44.0. The third-order valence-corrected chi connectivity index (χ3v) is 4.45. The topological polar surface area (TPSA) is 80.0 Å². The average Bonchev–Trinajstić information content (AvgIpc) is 2.96. The summed E-state index contributed by atoms with van der Waals surface area (Å²) >= 11 is 0. The van der Waals surface area contributed by atoms with E-state index in [0.29, 0.717) is 17.7 Å². The second-order valence-corrected chi connectivity index (χ2v) is 7.58. The summed E-state index contributed by atoms with van der Waals surface area (Å²) in [5, 5.41) is 5.28. The van der Waals surface area contributed by atoms with E-state index in [1.54, 1.807) is 38.4 Å². The number of halogens is 3. The van der Waals surface area contributed by atoms with Gasteiger partial charge in [-0.15, -0.1) is 0 Å². The molecule has 0 bridgehead atoms. The zero-order chi connectivity index (χ0) is 32.9. The number of amides is 1. The van der Waals surface area contributed by atoms with Gasteiger partial charge in [0.2, 0.25) is 0 Å². The molecule has 0 saturated carbocycles. The van der Waals surface area contributed by atoms with Gasteiger partial charge in [-0.2, -0.15) is 13.2 Å². The predicted molar refractivity (Wildman–Crippen MR) is 170 cm³/mol. The van der Waals surface area contributed by atoms with E-state index in [1.807, 2.05) is 60.6 Å². The maximum absolute atomic E-state index is 12.6. The molecular formula is C33H51F3N4O. The van der Waals surface area contributed by atoms with Crippen LogP contribution in [-0.2, 0) is 4.79 Å². The van der Waals surface area contributed by atoms with Gasteiger partial charge in [-0.3, -0.25) is 9.78 Å². The van der Waals surface area contributed by atoms with Gasteiger partial charge in [0.05, 0.1) is 0 Å². The number of carbonyl (C=O) groups excluding carboxylic acids is 1. The largest absolute Gasteiger partial charge is 0.415 e. The van der Waals surface area contributed by atoms with Crippen LogP contribution >= 0.6 is 0 Å². The number of hydrogen-bond donors (Lipinski definition) is 3. The minimum Gasteiger partial charge on any atom is -0.405 e. The Morgan fingerprint density at radius 1 is 1.12 bits per heavy atom. The number of aryl methyl sites for hydroxylation is 1. The normalized spacial score (nSPS) is 11.0. The van der Waals surface area contributed by atoms with Crippen LogP contribution in [0.3, 0.4) is 0 Å². The number of pyridine rings is 1. The molecule has 0 spiro atoms. The molecule has 0 unspecified atom stereocenters. The lowest BCUT2D eigenvalue weighted by Crippen LogP contribution is -2.28. The van der Waals surface area contributed by atoms with Crippen molar-refractivity contribution in [2.24, 2.45) is 5.73 Å². The lowest BCUT2D eigenvalue weighted by Gasteiger charge is -2.15. The SMILES string of the molecule is C#CN/C(C)=C(/CCC)C(=C)C(=O)NCC(/C=C\C)=C/C(=C)C(F)(F)F.C/C=C/N.CC.CC.Cc1ccncc1. The van der Waals surface area contributed by atoms with Gasteiger partial charge >= 0.3 is 6.18 Å². The molecule has 1 heterocycles. The van der Waals surface area contributed by atoms with Crippen LogP contribution in [0.2, 0.25) is 0 Å². The van der Waals surface area contributed by atoms with Crippen molar-refractivity contribution in [1.29, 1.82) is 0 Å². The highest BCUT2D eigenvalue weighted by atomic mass is 19.4. The van der Waals surface area contributed by atoms with Gasteiger partial charge in [0.25, 0.3) is 5.91 Å². The molecule has 8 heteroatoms. The smallest absolute Gasteiger partial charge is 0.405 e. The van der Waals surface area contributed by atoms with Crippen LogP contribution in [0.4, 0.5) is 13.2 Å². The molecule has 0 aliphatic rings. The van der Waals surface area contributed by atoms with Crippen LogP contribution in [0.5, 0.6) is 0 Å². The first-order valence-electron chi connectivity index (χ1n) is 13.6. The molecule has 0 fully saturated rings. The summed E-state index contributed by atoms with van der Waals surface area (Å²) in [7, 11) is 0. The summed E-state index contributed by atoms with van der Waals surface area (Å²) in [6.45, 7) is 24.0. The molecule has 0 aliphatic carbocycles. The number of carbonyl (C=O) groups is 1. The Morgan fingerprint density at radius 3 is 1.98 bits per heavy atom. The van der Waals surface area contributed by atoms with Crippen LogP contribution in [0.15, 0.2) is 96.2 Å². The number of nitrogens with one attached hydrogen (secondary N) is 2. The fraction of sp³-hybridized carbons (Fsp3) is 0.394. The summed E-state index contributed by atoms with van der Waals surface area (Å²) in [4.78, 5) is 16.2. The molecule has 0 radical (unpaired) electrons. The molecule has 41 heavy (non-hydrogen) atoms. The molecule has 1 amide bonds. The molecule has 1 aromatic heterocycles. The van der Waals surface area contributed by atoms with Crippen molar-refractivity contribution in [2.75, 3.05) is 6.54 Å². The van der Waals surface area contributed by atoms with Crippen LogP contribution < -0.4 is 16.4 Å². The first-order chi connectivity index (χ1) is 19.4. The molecule has 0 atom stereocenters.